The van der Waals surface area contributed by atoms with Crippen LogP contribution in [0, 0.1) is 0 Å². The molecule has 18 heavy (non-hydrogen) atoms. The number of likely N-dealkylation sites (N-methyl/N-ethyl adjacent to an activating group) is 1. The Labute approximate surface area is 106 Å². The monoisotopic (exact) mass is 251 g/mol. The van der Waals surface area contributed by atoms with Crippen LogP contribution in [-0.2, 0) is 4.74 Å². The Hall–Kier alpha value is -1.75. The van der Waals surface area contributed by atoms with Crippen molar-refractivity contribution < 1.29 is 19.4 Å². The molecular weight excluding hydrogens is 234 g/mol. The molecule has 0 bridgehead atoms. The second kappa shape index (κ2) is 5.27. The minimum absolute atomic E-state index is 0.218. The lowest BCUT2D eigenvalue weighted by Gasteiger charge is -2.27. The Kier molecular flexibility index (Phi) is 3.72. The number of rotatable bonds is 4. The number of carboxylic acids is 1. The minimum atomic E-state index is -0.932. The Morgan fingerprint density at radius 1 is 1.56 bits per heavy atom. The summed E-state index contributed by atoms with van der Waals surface area (Å²) in [6.07, 6.45) is 0.909. The van der Waals surface area contributed by atoms with Crippen LogP contribution in [0.3, 0.4) is 0 Å². The summed E-state index contributed by atoms with van der Waals surface area (Å²) in [6, 6.07) is 5.20. The first-order chi connectivity index (χ1) is 8.63. The smallest absolute Gasteiger partial charge is 0.337 e. The number of nitrogens with zero attached hydrogens (tertiary/aromatic N) is 1. The first-order valence-electron chi connectivity index (χ1n) is 5.85. The molecule has 0 aromatic heterocycles. The highest BCUT2D eigenvalue weighted by atomic mass is 16.5. The second-order valence-electron chi connectivity index (χ2n) is 4.32. The molecule has 1 saturated heterocycles. The van der Waals surface area contributed by atoms with E-state index in [0.717, 1.165) is 13.0 Å². The molecule has 5 heteroatoms. The van der Waals surface area contributed by atoms with Gasteiger partial charge in [-0.1, -0.05) is 0 Å². The van der Waals surface area contributed by atoms with Crippen molar-refractivity contribution in [1.82, 2.24) is 0 Å². The molecule has 0 amide bonds. The van der Waals surface area contributed by atoms with Crippen LogP contribution in [0.1, 0.15) is 16.8 Å². The standard InChI is InChI=1S/C13H17NO4/c1-14(9-5-6-18-8-9)12-7-10(17-2)3-4-11(12)13(15)16/h3-4,7,9H,5-6,8H2,1-2H3,(H,15,16). The molecule has 0 aliphatic carbocycles. The van der Waals surface area contributed by atoms with Gasteiger partial charge in [-0.05, 0) is 18.6 Å². The molecule has 1 aromatic carbocycles. The van der Waals surface area contributed by atoms with Gasteiger partial charge in [-0.25, -0.2) is 4.79 Å². The summed E-state index contributed by atoms with van der Waals surface area (Å²) < 4.78 is 10.5. The van der Waals surface area contributed by atoms with Gasteiger partial charge in [0.25, 0.3) is 0 Å². The Bertz CT molecular complexity index is 441. The maximum Gasteiger partial charge on any atom is 0.337 e. The summed E-state index contributed by atoms with van der Waals surface area (Å²) in [5.74, 6) is -0.279. The molecule has 1 aromatic rings. The molecule has 1 fully saturated rings. The number of carboxylic acid groups (broad SMARTS) is 1. The van der Waals surface area contributed by atoms with Crippen LogP contribution in [0.25, 0.3) is 0 Å². The highest BCUT2D eigenvalue weighted by Crippen LogP contribution is 2.28. The van der Waals surface area contributed by atoms with Crippen molar-refractivity contribution in [3.63, 3.8) is 0 Å². The van der Waals surface area contributed by atoms with E-state index in [1.807, 2.05) is 11.9 Å². The number of methoxy groups -OCH3 is 1. The van der Waals surface area contributed by atoms with Crippen LogP contribution in [0.5, 0.6) is 5.75 Å². The first-order valence-corrected chi connectivity index (χ1v) is 5.85. The summed E-state index contributed by atoms with van der Waals surface area (Å²) >= 11 is 0. The van der Waals surface area contributed by atoms with Crippen molar-refractivity contribution in [1.29, 1.82) is 0 Å². The molecule has 1 atom stereocenters. The molecule has 98 valence electrons. The third kappa shape index (κ3) is 2.41. The van der Waals surface area contributed by atoms with E-state index in [1.54, 1.807) is 25.3 Å². The third-order valence-electron chi connectivity index (χ3n) is 3.27. The van der Waals surface area contributed by atoms with Gasteiger partial charge in [0.15, 0.2) is 0 Å². The van der Waals surface area contributed by atoms with Crippen LogP contribution in [0.4, 0.5) is 5.69 Å². The number of hydrogen-bond acceptors (Lipinski definition) is 4. The van der Waals surface area contributed by atoms with Gasteiger partial charge in [0.1, 0.15) is 5.75 Å². The SMILES string of the molecule is COc1ccc(C(=O)O)c(N(C)C2CCOC2)c1. The van der Waals surface area contributed by atoms with Gasteiger partial charge in [0.2, 0.25) is 0 Å². The zero-order valence-electron chi connectivity index (χ0n) is 10.5. The van der Waals surface area contributed by atoms with Crippen molar-refractivity contribution in [3.05, 3.63) is 23.8 Å². The van der Waals surface area contributed by atoms with Crippen LogP contribution < -0.4 is 9.64 Å². The predicted octanol–water partition coefficient (Wildman–Crippen LogP) is 1.62. The molecule has 2 rings (SSSR count). The molecule has 1 aliphatic heterocycles. The fourth-order valence-electron chi connectivity index (χ4n) is 2.14. The molecule has 5 nitrogen and oxygen atoms in total. The average Bonchev–Trinajstić information content (AvgIpc) is 2.90. The molecule has 1 N–H and O–H groups in total. The van der Waals surface area contributed by atoms with E-state index < -0.39 is 5.97 Å². The molecule has 0 radical (unpaired) electrons. The summed E-state index contributed by atoms with van der Waals surface area (Å²) in [5, 5.41) is 9.22. The van der Waals surface area contributed by atoms with Crippen molar-refractivity contribution in [2.24, 2.45) is 0 Å². The van der Waals surface area contributed by atoms with Crippen molar-refractivity contribution in [2.75, 3.05) is 32.3 Å². The third-order valence-corrected chi connectivity index (χ3v) is 3.27. The largest absolute Gasteiger partial charge is 0.497 e. The van der Waals surface area contributed by atoms with Gasteiger partial charge in [0, 0.05) is 19.7 Å². The maximum absolute atomic E-state index is 11.2. The fourth-order valence-corrected chi connectivity index (χ4v) is 2.14. The summed E-state index contributed by atoms with van der Waals surface area (Å²) in [7, 11) is 3.46. The van der Waals surface area contributed by atoms with Crippen molar-refractivity contribution in [2.45, 2.75) is 12.5 Å². The molecule has 1 heterocycles. The van der Waals surface area contributed by atoms with Gasteiger partial charge in [-0.2, -0.15) is 0 Å². The lowest BCUT2D eigenvalue weighted by molar-refractivity contribution is 0.0697. The van der Waals surface area contributed by atoms with E-state index in [1.165, 1.54) is 0 Å². The number of anilines is 1. The lowest BCUT2D eigenvalue weighted by Crippen LogP contribution is -2.33. The Morgan fingerprint density at radius 2 is 2.33 bits per heavy atom. The Balaban J connectivity index is 2.35. The first kappa shape index (κ1) is 12.7. The normalized spacial score (nSPS) is 18.7. The van der Waals surface area contributed by atoms with Crippen LogP contribution in [0.15, 0.2) is 18.2 Å². The minimum Gasteiger partial charge on any atom is -0.497 e. The zero-order chi connectivity index (χ0) is 13.1. The van der Waals surface area contributed by atoms with Crippen molar-refractivity contribution >= 4 is 11.7 Å². The summed E-state index contributed by atoms with van der Waals surface area (Å²) in [4.78, 5) is 13.2. The summed E-state index contributed by atoms with van der Waals surface area (Å²) in [6.45, 7) is 1.36. The summed E-state index contributed by atoms with van der Waals surface area (Å²) in [5.41, 5.74) is 0.947. The number of ether oxygens (including phenoxy) is 2. The van der Waals surface area contributed by atoms with Crippen molar-refractivity contribution in [3.8, 4) is 5.75 Å². The number of aromatic carboxylic acids is 1. The van der Waals surface area contributed by atoms with Gasteiger partial charge in [-0.3, -0.25) is 0 Å². The number of carbonyl (C=O) groups is 1. The molecule has 1 aliphatic rings. The molecule has 0 spiro atoms. The van der Waals surface area contributed by atoms with E-state index in [9.17, 15) is 9.90 Å². The van der Waals surface area contributed by atoms with Crippen LogP contribution in [-0.4, -0.2) is 44.5 Å². The predicted molar refractivity (Wildman–Crippen MR) is 67.6 cm³/mol. The second-order valence-corrected chi connectivity index (χ2v) is 4.32. The van der Waals surface area contributed by atoms with E-state index in [4.69, 9.17) is 9.47 Å². The Morgan fingerprint density at radius 3 is 2.89 bits per heavy atom. The highest BCUT2D eigenvalue weighted by molar-refractivity contribution is 5.94. The quantitative estimate of drug-likeness (QED) is 0.881. The number of benzene rings is 1. The van der Waals surface area contributed by atoms with Crippen LogP contribution >= 0.6 is 0 Å². The van der Waals surface area contributed by atoms with E-state index in [2.05, 4.69) is 0 Å². The topological polar surface area (TPSA) is 59.0 Å². The maximum atomic E-state index is 11.2. The molecular formula is C13H17NO4. The van der Waals surface area contributed by atoms with Gasteiger partial charge < -0.3 is 19.5 Å². The molecule has 1 unspecified atom stereocenters. The zero-order valence-corrected chi connectivity index (χ0v) is 10.5. The number of hydrogen-bond donors (Lipinski definition) is 1. The van der Waals surface area contributed by atoms with E-state index in [0.29, 0.717) is 18.0 Å². The van der Waals surface area contributed by atoms with Crippen LogP contribution in [0.2, 0.25) is 0 Å². The van der Waals surface area contributed by atoms with Gasteiger partial charge in [-0.15, -0.1) is 0 Å². The van der Waals surface area contributed by atoms with E-state index >= 15 is 0 Å². The fraction of sp³-hybridized carbons (Fsp3) is 0.462. The molecule has 0 saturated carbocycles. The van der Waals surface area contributed by atoms with Gasteiger partial charge >= 0.3 is 5.97 Å². The highest BCUT2D eigenvalue weighted by Gasteiger charge is 2.24. The lowest BCUT2D eigenvalue weighted by atomic mass is 10.1. The van der Waals surface area contributed by atoms with Gasteiger partial charge in [0.05, 0.1) is 31.0 Å². The van der Waals surface area contributed by atoms with E-state index in [-0.39, 0.29) is 11.6 Å². The average molecular weight is 251 g/mol.